The van der Waals surface area contributed by atoms with Crippen LogP contribution in [0.3, 0.4) is 0 Å². The second kappa shape index (κ2) is 12.2. The summed E-state index contributed by atoms with van der Waals surface area (Å²) < 4.78 is 12.7. The Bertz CT molecular complexity index is 1240. The number of hydrogen-bond donors (Lipinski definition) is 1. The Hall–Kier alpha value is -3.62. The van der Waals surface area contributed by atoms with Crippen molar-refractivity contribution in [2.45, 2.75) is 17.3 Å². The summed E-state index contributed by atoms with van der Waals surface area (Å²) in [6.45, 7) is 0.969. The number of carbonyl (C=O) groups excluding carboxylic acids is 1. The third kappa shape index (κ3) is 6.29. The third-order valence-corrected chi connectivity index (χ3v) is 6.41. The van der Waals surface area contributed by atoms with E-state index in [1.807, 2.05) is 66.7 Å². The highest BCUT2D eigenvalue weighted by molar-refractivity contribution is 7.98. The van der Waals surface area contributed by atoms with Crippen LogP contribution >= 0.6 is 11.8 Å². The topological polar surface area (TPSA) is 78.3 Å². The lowest BCUT2D eigenvalue weighted by Crippen LogP contribution is -2.26. The lowest BCUT2D eigenvalue weighted by Gasteiger charge is -2.14. The number of methoxy groups -OCH3 is 2. The summed E-state index contributed by atoms with van der Waals surface area (Å²) in [5.41, 5.74) is 3.77. The normalized spacial score (nSPS) is 10.8. The lowest BCUT2D eigenvalue weighted by atomic mass is 10.1. The number of thioether (sulfide) groups is 1. The van der Waals surface area contributed by atoms with Crippen LogP contribution in [0.4, 0.5) is 0 Å². The minimum atomic E-state index is -0.109. The highest BCUT2D eigenvalue weighted by Gasteiger charge is 2.18. The van der Waals surface area contributed by atoms with Gasteiger partial charge in [-0.25, -0.2) is 0 Å². The third-order valence-electron chi connectivity index (χ3n) is 5.41. The zero-order chi connectivity index (χ0) is 24.5. The standard InChI is InChI=1S/C27H28N4O3S/c1-33-17-16-28-26(32)22-14-12-21(13-15-22)19-35-27-30-29-25(18-20-8-4-3-5-9-20)31(27)23-10-6-7-11-24(23)34-2/h3-15H,16-19H2,1-2H3,(H,28,32). The smallest absolute Gasteiger partial charge is 0.251 e. The van der Waals surface area contributed by atoms with Crippen molar-refractivity contribution in [3.05, 3.63) is 101 Å². The number of aromatic nitrogens is 3. The maximum atomic E-state index is 12.2. The van der Waals surface area contributed by atoms with Crippen LogP contribution in [0.2, 0.25) is 0 Å². The molecule has 35 heavy (non-hydrogen) atoms. The van der Waals surface area contributed by atoms with Crippen LogP contribution < -0.4 is 10.1 Å². The number of carbonyl (C=O) groups is 1. The number of nitrogens with one attached hydrogen (secondary N) is 1. The van der Waals surface area contributed by atoms with Crippen LogP contribution in [0.1, 0.15) is 27.3 Å². The number of rotatable bonds is 11. The van der Waals surface area contributed by atoms with E-state index >= 15 is 0 Å². The molecular weight excluding hydrogens is 460 g/mol. The molecule has 0 bridgehead atoms. The molecule has 0 spiro atoms. The monoisotopic (exact) mass is 488 g/mol. The molecular formula is C27H28N4O3S. The van der Waals surface area contributed by atoms with Gasteiger partial charge in [0.25, 0.3) is 5.91 Å². The van der Waals surface area contributed by atoms with E-state index in [1.54, 1.807) is 26.0 Å². The molecule has 1 aromatic heterocycles. The number of amides is 1. The SMILES string of the molecule is COCCNC(=O)c1ccc(CSc2nnc(Cc3ccccc3)n2-c2ccccc2OC)cc1. The molecule has 0 aliphatic heterocycles. The number of ether oxygens (including phenoxy) is 2. The summed E-state index contributed by atoms with van der Waals surface area (Å²) in [5.74, 6) is 2.17. The number of para-hydroxylation sites is 2. The van der Waals surface area contributed by atoms with Crippen LogP contribution in [0.25, 0.3) is 5.69 Å². The fourth-order valence-electron chi connectivity index (χ4n) is 3.61. The molecule has 0 atom stereocenters. The number of hydrogen-bond acceptors (Lipinski definition) is 6. The molecule has 4 aromatic rings. The van der Waals surface area contributed by atoms with Crippen molar-refractivity contribution in [1.82, 2.24) is 20.1 Å². The average Bonchev–Trinajstić information content (AvgIpc) is 3.30. The molecule has 7 nitrogen and oxygen atoms in total. The predicted octanol–water partition coefficient (Wildman–Crippen LogP) is 4.54. The van der Waals surface area contributed by atoms with Crippen LogP contribution in [-0.2, 0) is 16.9 Å². The Morgan fingerprint density at radius 3 is 2.40 bits per heavy atom. The van der Waals surface area contributed by atoms with Gasteiger partial charge in [0.1, 0.15) is 11.6 Å². The van der Waals surface area contributed by atoms with Gasteiger partial charge in [-0.1, -0.05) is 66.4 Å². The molecule has 0 aliphatic carbocycles. The van der Waals surface area contributed by atoms with E-state index in [9.17, 15) is 4.79 Å². The van der Waals surface area contributed by atoms with Crippen molar-refractivity contribution >= 4 is 17.7 Å². The summed E-state index contributed by atoms with van der Waals surface area (Å²) in [7, 11) is 3.28. The zero-order valence-corrected chi connectivity index (χ0v) is 20.6. The Balaban J connectivity index is 1.54. The van der Waals surface area contributed by atoms with Gasteiger partial charge in [-0.15, -0.1) is 10.2 Å². The van der Waals surface area contributed by atoms with E-state index in [4.69, 9.17) is 9.47 Å². The van der Waals surface area contributed by atoms with E-state index in [0.29, 0.717) is 30.9 Å². The van der Waals surface area contributed by atoms with Crippen molar-refractivity contribution < 1.29 is 14.3 Å². The summed E-state index contributed by atoms with van der Waals surface area (Å²) in [5, 5.41) is 12.6. The minimum absolute atomic E-state index is 0.109. The molecule has 1 heterocycles. The Morgan fingerprint density at radius 2 is 1.66 bits per heavy atom. The second-order valence-corrected chi connectivity index (χ2v) is 8.75. The molecule has 0 fully saturated rings. The first-order chi connectivity index (χ1) is 17.2. The van der Waals surface area contributed by atoms with Gasteiger partial charge < -0.3 is 14.8 Å². The van der Waals surface area contributed by atoms with E-state index < -0.39 is 0 Å². The molecule has 1 N–H and O–H groups in total. The van der Waals surface area contributed by atoms with E-state index in [2.05, 4.69) is 32.2 Å². The van der Waals surface area contributed by atoms with Gasteiger partial charge >= 0.3 is 0 Å². The van der Waals surface area contributed by atoms with E-state index in [1.165, 1.54) is 0 Å². The first-order valence-electron chi connectivity index (χ1n) is 11.3. The molecule has 8 heteroatoms. The van der Waals surface area contributed by atoms with Crippen molar-refractivity contribution in [2.75, 3.05) is 27.4 Å². The molecule has 0 saturated heterocycles. The fourth-order valence-corrected chi connectivity index (χ4v) is 4.53. The van der Waals surface area contributed by atoms with Gasteiger partial charge in [0.05, 0.1) is 19.4 Å². The van der Waals surface area contributed by atoms with Crippen LogP contribution in [0.5, 0.6) is 5.75 Å². The molecule has 3 aromatic carbocycles. The maximum absolute atomic E-state index is 12.2. The number of benzene rings is 3. The summed E-state index contributed by atoms with van der Waals surface area (Å²) >= 11 is 1.59. The van der Waals surface area contributed by atoms with Gasteiger partial charge in [-0.2, -0.15) is 0 Å². The Labute approximate surface area is 209 Å². The lowest BCUT2D eigenvalue weighted by molar-refractivity contribution is 0.0937. The fraction of sp³-hybridized carbons (Fsp3) is 0.222. The van der Waals surface area contributed by atoms with Crippen molar-refractivity contribution in [1.29, 1.82) is 0 Å². The van der Waals surface area contributed by atoms with Gasteiger partial charge in [-0.05, 0) is 35.4 Å². The van der Waals surface area contributed by atoms with Gasteiger partial charge in [0.2, 0.25) is 0 Å². The zero-order valence-electron chi connectivity index (χ0n) is 19.8. The average molecular weight is 489 g/mol. The first-order valence-corrected chi connectivity index (χ1v) is 12.3. The van der Waals surface area contributed by atoms with Gasteiger partial charge in [0.15, 0.2) is 5.16 Å². The highest BCUT2D eigenvalue weighted by Crippen LogP contribution is 2.31. The molecule has 4 rings (SSSR count). The van der Waals surface area contributed by atoms with Crippen molar-refractivity contribution in [3.63, 3.8) is 0 Å². The van der Waals surface area contributed by atoms with Crippen molar-refractivity contribution in [2.24, 2.45) is 0 Å². The van der Waals surface area contributed by atoms with Crippen LogP contribution in [0, 0.1) is 0 Å². The largest absolute Gasteiger partial charge is 0.495 e. The second-order valence-electron chi connectivity index (χ2n) is 7.80. The van der Waals surface area contributed by atoms with Crippen LogP contribution in [0.15, 0.2) is 84.0 Å². The molecule has 1 amide bonds. The van der Waals surface area contributed by atoms with Gasteiger partial charge in [-0.3, -0.25) is 9.36 Å². The van der Waals surface area contributed by atoms with E-state index in [-0.39, 0.29) is 5.91 Å². The summed E-state index contributed by atoms with van der Waals surface area (Å²) in [4.78, 5) is 12.2. The predicted molar refractivity (Wildman–Crippen MR) is 137 cm³/mol. The molecule has 0 radical (unpaired) electrons. The van der Waals surface area contributed by atoms with Crippen molar-refractivity contribution in [3.8, 4) is 11.4 Å². The van der Waals surface area contributed by atoms with Gasteiger partial charge in [0, 0.05) is 31.4 Å². The maximum Gasteiger partial charge on any atom is 0.251 e. The Morgan fingerprint density at radius 1 is 0.914 bits per heavy atom. The summed E-state index contributed by atoms with van der Waals surface area (Å²) in [6, 6.07) is 25.7. The minimum Gasteiger partial charge on any atom is -0.495 e. The number of nitrogens with zero attached hydrogens (tertiary/aromatic N) is 3. The summed E-state index contributed by atoms with van der Waals surface area (Å²) in [6.07, 6.45) is 0.652. The molecule has 0 unspecified atom stereocenters. The van der Waals surface area contributed by atoms with Crippen LogP contribution in [-0.4, -0.2) is 48.0 Å². The highest BCUT2D eigenvalue weighted by atomic mass is 32.2. The quantitative estimate of drug-likeness (QED) is 0.247. The molecule has 0 aliphatic rings. The molecule has 0 saturated carbocycles. The Kier molecular flexibility index (Phi) is 8.53. The molecule has 180 valence electrons. The first kappa shape index (κ1) is 24.5. The van der Waals surface area contributed by atoms with E-state index in [0.717, 1.165) is 33.5 Å².